The zero-order valence-corrected chi connectivity index (χ0v) is 9.36. The molecule has 0 aliphatic rings. The molecule has 0 fully saturated rings. The van der Waals surface area contributed by atoms with Crippen molar-refractivity contribution >= 4 is 0 Å². The molecule has 3 nitrogen and oxygen atoms in total. The first-order valence-corrected chi connectivity index (χ1v) is 5.27. The van der Waals surface area contributed by atoms with Crippen molar-refractivity contribution in [1.29, 1.82) is 0 Å². The second-order valence-electron chi connectivity index (χ2n) is 3.52. The maximum Gasteiger partial charge on any atom is 0.118 e. The summed E-state index contributed by atoms with van der Waals surface area (Å²) in [7, 11) is 1.66. The number of methoxy groups -OCH3 is 1. The molecule has 0 saturated carbocycles. The van der Waals surface area contributed by atoms with E-state index in [0.717, 1.165) is 18.7 Å². The van der Waals surface area contributed by atoms with E-state index in [1.807, 2.05) is 24.3 Å². The molecule has 2 N–H and O–H groups in total. The minimum absolute atomic E-state index is 0.187. The number of rotatable bonds is 6. The lowest BCUT2D eigenvalue weighted by Gasteiger charge is -2.13. The van der Waals surface area contributed by atoms with Crippen molar-refractivity contribution in [3.8, 4) is 5.75 Å². The van der Waals surface area contributed by atoms with Crippen molar-refractivity contribution in [3.63, 3.8) is 0 Å². The normalized spacial score (nSPS) is 12.5. The zero-order chi connectivity index (χ0) is 11.1. The fraction of sp³-hybridized carbons (Fsp3) is 0.500. The molecular weight excluding hydrogens is 190 g/mol. The molecule has 0 saturated heterocycles. The minimum Gasteiger partial charge on any atom is -0.497 e. The van der Waals surface area contributed by atoms with Gasteiger partial charge >= 0.3 is 0 Å². The molecule has 1 atom stereocenters. The fourth-order valence-corrected chi connectivity index (χ4v) is 1.34. The van der Waals surface area contributed by atoms with E-state index in [2.05, 4.69) is 12.2 Å². The van der Waals surface area contributed by atoms with Crippen LogP contribution in [0.2, 0.25) is 0 Å². The van der Waals surface area contributed by atoms with Gasteiger partial charge in [0.2, 0.25) is 0 Å². The molecule has 3 heteroatoms. The van der Waals surface area contributed by atoms with Crippen LogP contribution in [0.1, 0.15) is 18.9 Å². The van der Waals surface area contributed by atoms with Gasteiger partial charge in [0, 0.05) is 12.6 Å². The maximum absolute atomic E-state index is 9.00. The van der Waals surface area contributed by atoms with Gasteiger partial charge in [-0.05, 0) is 24.1 Å². The lowest BCUT2D eigenvalue weighted by molar-refractivity contribution is 0.238. The Hall–Kier alpha value is -1.06. The molecule has 0 heterocycles. The molecule has 0 aliphatic heterocycles. The van der Waals surface area contributed by atoms with Crippen LogP contribution >= 0.6 is 0 Å². The summed E-state index contributed by atoms with van der Waals surface area (Å²) in [5.74, 6) is 0.868. The summed E-state index contributed by atoms with van der Waals surface area (Å²) in [6.45, 7) is 3.03. The third-order valence-corrected chi connectivity index (χ3v) is 2.47. The largest absolute Gasteiger partial charge is 0.497 e. The van der Waals surface area contributed by atoms with Gasteiger partial charge < -0.3 is 15.2 Å². The van der Waals surface area contributed by atoms with Crippen LogP contribution in [0, 0.1) is 0 Å². The molecule has 0 aliphatic carbocycles. The topological polar surface area (TPSA) is 41.5 Å². The van der Waals surface area contributed by atoms with Crippen molar-refractivity contribution in [1.82, 2.24) is 5.32 Å². The summed E-state index contributed by atoms with van der Waals surface area (Å²) in [6, 6.07) is 8.12. The second-order valence-corrected chi connectivity index (χ2v) is 3.52. The van der Waals surface area contributed by atoms with Crippen LogP contribution in [-0.2, 0) is 6.54 Å². The third-order valence-electron chi connectivity index (χ3n) is 2.47. The van der Waals surface area contributed by atoms with E-state index >= 15 is 0 Å². The van der Waals surface area contributed by atoms with Crippen LogP contribution < -0.4 is 10.1 Å². The molecule has 1 aromatic rings. The predicted octanol–water partition coefficient (Wildman–Crippen LogP) is 1.56. The van der Waals surface area contributed by atoms with E-state index < -0.39 is 0 Å². The minimum atomic E-state index is 0.187. The van der Waals surface area contributed by atoms with Crippen LogP contribution in [-0.4, -0.2) is 24.9 Å². The molecule has 0 bridgehead atoms. The van der Waals surface area contributed by atoms with Crippen molar-refractivity contribution in [2.45, 2.75) is 25.9 Å². The monoisotopic (exact) mass is 209 g/mol. The predicted molar refractivity (Wildman–Crippen MR) is 61.0 cm³/mol. The van der Waals surface area contributed by atoms with Gasteiger partial charge in [0.05, 0.1) is 13.7 Å². The Bertz CT molecular complexity index is 267. The average Bonchev–Trinajstić information content (AvgIpc) is 2.31. The number of aliphatic hydroxyl groups is 1. The first kappa shape index (κ1) is 12.0. The van der Waals surface area contributed by atoms with Gasteiger partial charge in [-0.3, -0.25) is 0 Å². The lowest BCUT2D eigenvalue weighted by Crippen LogP contribution is -2.31. The van der Waals surface area contributed by atoms with Gasteiger partial charge in [-0.1, -0.05) is 19.1 Å². The van der Waals surface area contributed by atoms with E-state index in [-0.39, 0.29) is 12.6 Å². The average molecular weight is 209 g/mol. The van der Waals surface area contributed by atoms with Crippen molar-refractivity contribution in [2.24, 2.45) is 0 Å². The van der Waals surface area contributed by atoms with Crippen LogP contribution in [0.4, 0.5) is 0 Å². The van der Waals surface area contributed by atoms with Gasteiger partial charge in [-0.15, -0.1) is 0 Å². The van der Waals surface area contributed by atoms with E-state index in [0.29, 0.717) is 0 Å². The highest BCUT2D eigenvalue weighted by Gasteiger charge is 2.02. The van der Waals surface area contributed by atoms with Crippen LogP contribution in [0.5, 0.6) is 5.75 Å². The zero-order valence-electron chi connectivity index (χ0n) is 9.36. The van der Waals surface area contributed by atoms with Gasteiger partial charge in [-0.25, -0.2) is 0 Å². The summed E-state index contributed by atoms with van der Waals surface area (Å²) in [5, 5.41) is 12.3. The summed E-state index contributed by atoms with van der Waals surface area (Å²) in [4.78, 5) is 0. The molecule has 1 unspecified atom stereocenters. The Morgan fingerprint density at radius 3 is 2.47 bits per heavy atom. The number of nitrogens with one attached hydrogen (secondary N) is 1. The number of aliphatic hydroxyl groups excluding tert-OH is 1. The highest BCUT2D eigenvalue weighted by atomic mass is 16.5. The number of ether oxygens (including phenoxy) is 1. The second kappa shape index (κ2) is 6.43. The Labute approximate surface area is 91.1 Å². The first-order valence-electron chi connectivity index (χ1n) is 5.27. The molecule has 1 rings (SSSR count). The summed E-state index contributed by atoms with van der Waals surface area (Å²) >= 11 is 0. The summed E-state index contributed by atoms with van der Waals surface area (Å²) in [6.07, 6.45) is 0.937. The molecule has 0 spiro atoms. The Morgan fingerprint density at radius 1 is 1.33 bits per heavy atom. The third kappa shape index (κ3) is 3.90. The first-order chi connectivity index (χ1) is 7.30. The Kier molecular flexibility index (Phi) is 5.15. The Morgan fingerprint density at radius 2 is 2.00 bits per heavy atom. The summed E-state index contributed by atoms with van der Waals surface area (Å²) in [5.41, 5.74) is 1.20. The van der Waals surface area contributed by atoms with Crippen molar-refractivity contribution < 1.29 is 9.84 Å². The van der Waals surface area contributed by atoms with Crippen LogP contribution in [0.3, 0.4) is 0 Å². The number of hydrogen-bond acceptors (Lipinski definition) is 3. The van der Waals surface area contributed by atoms with E-state index in [1.54, 1.807) is 7.11 Å². The molecule has 84 valence electrons. The van der Waals surface area contributed by atoms with E-state index in [1.165, 1.54) is 5.56 Å². The molecular formula is C12H19NO2. The van der Waals surface area contributed by atoms with E-state index in [4.69, 9.17) is 9.84 Å². The quantitative estimate of drug-likeness (QED) is 0.747. The molecule has 15 heavy (non-hydrogen) atoms. The van der Waals surface area contributed by atoms with Gasteiger partial charge in [0.15, 0.2) is 0 Å². The molecule has 0 radical (unpaired) electrons. The fourth-order valence-electron chi connectivity index (χ4n) is 1.34. The van der Waals surface area contributed by atoms with Gasteiger partial charge in [0.1, 0.15) is 5.75 Å². The summed E-state index contributed by atoms with van der Waals surface area (Å²) < 4.78 is 5.08. The Balaban J connectivity index is 2.43. The highest BCUT2D eigenvalue weighted by molar-refractivity contribution is 5.27. The van der Waals surface area contributed by atoms with Gasteiger partial charge in [0.25, 0.3) is 0 Å². The molecule has 0 aromatic heterocycles. The van der Waals surface area contributed by atoms with E-state index in [9.17, 15) is 0 Å². The SMILES string of the molecule is CCC(CO)NCc1ccc(OC)cc1. The highest BCUT2D eigenvalue weighted by Crippen LogP contribution is 2.11. The van der Waals surface area contributed by atoms with Crippen LogP contribution in [0.15, 0.2) is 24.3 Å². The van der Waals surface area contributed by atoms with Gasteiger partial charge in [-0.2, -0.15) is 0 Å². The lowest BCUT2D eigenvalue weighted by atomic mass is 10.2. The molecule has 0 amide bonds. The maximum atomic E-state index is 9.00. The number of benzene rings is 1. The standard InChI is InChI=1S/C12H19NO2/c1-3-11(9-14)13-8-10-4-6-12(15-2)7-5-10/h4-7,11,13-14H,3,8-9H2,1-2H3. The van der Waals surface area contributed by atoms with Crippen molar-refractivity contribution in [3.05, 3.63) is 29.8 Å². The smallest absolute Gasteiger partial charge is 0.118 e. The van der Waals surface area contributed by atoms with Crippen LogP contribution in [0.25, 0.3) is 0 Å². The van der Waals surface area contributed by atoms with Crippen molar-refractivity contribution in [2.75, 3.05) is 13.7 Å². The number of hydrogen-bond donors (Lipinski definition) is 2. The molecule has 1 aromatic carbocycles.